The topological polar surface area (TPSA) is 55.2 Å². The van der Waals surface area contributed by atoms with Crippen molar-refractivity contribution >= 4 is 28.6 Å². The lowest BCUT2D eigenvalue weighted by atomic mass is 9.65. The van der Waals surface area contributed by atoms with E-state index in [-0.39, 0.29) is 34.0 Å². The molecule has 35 heavy (non-hydrogen) atoms. The van der Waals surface area contributed by atoms with Crippen LogP contribution in [0.15, 0.2) is 58.5 Å². The maximum Gasteiger partial charge on any atom is 0.266 e. The van der Waals surface area contributed by atoms with Crippen molar-refractivity contribution < 1.29 is 4.79 Å². The summed E-state index contributed by atoms with van der Waals surface area (Å²) in [6.45, 7) is 12.1. The van der Waals surface area contributed by atoms with Gasteiger partial charge in [0.15, 0.2) is 5.16 Å². The molecule has 5 nitrogen and oxygen atoms in total. The molecule has 2 atom stereocenters. The van der Waals surface area contributed by atoms with Crippen LogP contribution in [0, 0.1) is 10.8 Å². The van der Waals surface area contributed by atoms with E-state index in [0.29, 0.717) is 22.1 Å². The number of fused-ring (bicyclic) bond motifs is 3. The third kappa shape index (κ3) is 4.53. The van der Waals surface area contributed by atoms with Crippen LogP contribution in [-0.2, 0) is 4.79 Å². The van der Waals surface area contributed by atoms with Gasteiger partial charge >= 0.3 is 0 Å². The molecule has 6 heteroatoms. The number of thioether (sulfide) groups is 1. The van der Waals surface area contributed by atoms with Crippen molar-refractivity contribution in [1.82, 2.24) is 14.5 Å². The Morgan fingerprint density at radius 3 is 2.57 bits per heavy atom. The molecule has 3 aromatic rings. The lowest BCUT2D eigenvalue weighted by Crippen LogP contribution is -2.38. The van der Waals surface area contributed by atoms with Gasteiger partial charge in [0.2, 0.25) is 5.91 Å². The molecule has 184 valence electrons. The molecule has 2 bridgehead atoms. The van der Waals surface area contributed by atoms with Gasteiger partial charge in [-0.3, -0.25) is 14.2 Å². The molecule has 5 rings (SSSR count). The van der Waals surface area contributed by atoms with Gasteiger partial charge in [0.05, 0.1) is 22.3 Å². The van der Waals surface area contributed by atoms with E-state index in [2.05, 4.69) is 45.6 Å². The van der Waals surface area contributed by atoms with Crippen molar-refractivity contribution in [3.8, 4) is 5.69 Å². The number of hydrogen-bond donors (Lipinski definition) is 0. The lowest BCUT2D eigenvalue weighted by molar-refractivity contribution is -0.129. The zero-order chi connectivity index (χ0) is 25.0. The molecule has 1 amide bonds. The second-order valence-electron chi connectivity index (χ2n) is 11.8. The monoisotopic (exact) mass is 489 g/mol. The second kappa shape index (κ2) is 8.81. The average molecular weight is 490 g/mol. The molecule has 1 saturated carbocycles. The van der Waals surface area contributed by atoms with Crippen molar-refractivity contribution in [2.24, 2.45) is 10.8 Å². The molecule has 2 fully saturated rings. The van der Waals surface area contributed by atoms with E-state index >= 15 is 0 Å². The number of aromatic nitrogens is 2. The third-order valence-electron chi connectivity index (χ3n) is 7.60. The van der Waals surface area contributed by atoms with E-state index in [0.717, 1.165) is 37.1 Å². The van der Waals surface area contributed by atoms with Crippen LogP contribution in [0.1, 0.15) is 65.4 Å². The van der Waals surface area contributed by atoms with Gasteiger partial charge in [0.1, 0.15) is 0 Å². The van der Waals surface area contributed by atoms with Crippen molar-refractivity contribution in [2.75, 3.05) is 12.3 Å². The normalized spacial score (nSPS) is 23.3. The summed E-state index contributed by atoms with van der Waals surface area (Å²) in [4.78, 5) is 34.2. The Labute approximate surface area is 211 Å². The number of rotatable bonds is 5. The SMILES string of the molecule is CC(C)c1ccccc1-n1c(SCC(=O)N2CC3(C)CC2CC(C)(C)C3)nc2ccccc2c1=O. The zero-order valence-electron chi connectivity index (χ0n) is 21.4. The summed E-state index contributed by atoms with van der Waals surface area (Å²) >= 11 is 1.38. The van der Waals surface area contributed by atoms with Gasteiger partial charge < -0.3 is 4.90 Å². The largest absolute Gasteiger partial charge is 0.338 e. The first kappa shape index (κ1) is 24.1. The lowest BCUT2D eigenvalue weighted by Gasteiger charge is -2.39. The van der Waals surface area contributed by atoms with Crippen LogP contribution < -0.4 is 5.56 Å². The summed E-state index contributed by atoms with van der Waals surface area (Å²) in [5.74, 6) is 0.673. The average Bonchev–Trinajstić information content (AvgIpc) is 3.06. The minimum Gasteiger partial charge on any atom is -0.338 e. The van der Waals surface area contributed by atoms with E-state index in [1.807, 2.05) is 42.5 Å². The van der Waals surface area contributed by atoms with Gasteiger partial charge in [0.25, 0.3) is 5.56 Å². The van der Waals surface area contributed by atoms with Crippen molar-refractivity contribution in [1.29, 1.82) is 0 Å². The number of nitrogens with zero attached hydrogens (tertiary/aromatic N) is 3. The predicted molar refractivity (Wildman–Crippen MR) is 143 cm³/mol. The number of carbonyl (C=O) groups is 1. The number of hydrogen-bond acceptors (Lipinski definition) is 4. The summed E-state index contributed by atoms with van der Waals surface area (Å²) in [7, 11) is 0. The first-order valence-corrected chi connectivity index (χ1v) is 13.6. The van der Waals surface area contributed by atoms with Gasteiger partial charge in [-0.25, -0.2) is 4.98 Å². The van der Waals surface area contributed by atoms with Crippen LogP contribution in [0.25, 0.3) is 16.6 Å². The quantitative estimate of drug-likeness (QED) is 0.324. The summed E-state index contributed by atoms with van der Waals surface area (Å²) < 4.78 is 1.71. The molecule has 1 aromatic heterocycles. The molecule has 1 aliphatic carbocycles. The Hall–Kier alpha value is -2.60. The van der Waals surface area contributed by atoms with Crippen LogP contribution in [0.5, 0.6) is 0 Å². The highest BCUT2D eigenvalue weighted by molar-refractivity contribution is 7.99. The first-order valence-electron chi connectivity index (χ1n) is 12.6. The molecule has 1 aliphatic heterocycles. The highest BCUT2D eigenvalue weighted by Gasteiger charge is 2.50. The van der Waals surface area contributed by atoms with Gasteiger partial charge in [-0.15, -0.1) is 0 Å². The highest BCUT2D eigenvalue weighted by Crippen LogP contribution is 2.52. The molecule has 2 unspecified atom stereocenters. The van der Waals surface area contributed by atoms with E-state index in [4.69, 9.17) is 4.98 Å². The zero-order valence-corrected chi connectivity index (χ0v) is 22.2. The molecule has 0 spiro atoms. The molecular weight excluding hydrogens is 454 g/mol. The first-order chi connectivity index (χ1) is 16.6. The Balaban J connectivity index is 1.50. The minimum absolute atomic E-state index is 0.0926. The fourth-order valence-corrected chi connectivity index (χ4v) is 7.45. The molecular formula is C29H35N3O2S. The van der Waals surface area contributed by atoms with E-state index in [1.165, 1.54) is 11.8 Å². The number of likely N-dealkylation sites (tertiary alicyclic amines) is 1. The fourth-order valence-electron chi connectivity index (χ4n) is 6.56. The van der Waals surface area contributed by atoms with Crippen molar-refractivity contribution in [2.45, 2.75) is 71.0 Å². The van der Waals surface area contributed by atoms with Gasteiger partial charge in [0, 0.05) is 12.6 Å². The van der Waals surface area contributed by atoms with Crippen molar-refractivity contribution in [3.05, 3.63) is 64.4 Å². The van der Waals surface area contributed by atoms with Gasteiger partial charge in [-0.1, -0.05) is 76.7 Å². The predicted octanol–water partition coefficient (Wildman–Crippen LogP) is 6.03. The molecule has 2 heterocycles. The highest BCUT2D eigenvalue weighted by atomic mass is 32.2. The molecule has 0 N–H and O–H groups in total. The van der Waals surface area contributed by atoms with Crippen LogP contribution >= 0.6 is 11.8 Å². The Kier molecular flexibility index (Phi) is 6.07. The standard InChI is InChI=1S/C29H35N3O2S/c1-19(2)21-10-7-9-13-24(21)32-26(34)22-11-6-8-12-23(22)30-27(32)35-16-25(33)31-18-29(5)15-20(31)14-28(3,4)17-29/h6-13,19-20H,14-18H2,1-5H3. The summed E-state index contributed by atoms with van der Waals surface area (Å²) in [6, 6.07) is 15.8. The fraction of sp³-hybridized carbons (Fsp3) is 0.483. The number of benzene rings is 2. The maximum absolute atomic E-state index is 13.7. The smallest absolute Gasteiger partial charge is 0.266 e. The molecule has 1 saturated heterocycles. The number of para-hydroxylation sites is 2. The second-order valence-corrected chi connectivity index (χ2v) is 12.7. The Morgan fingerprint density at radius 2 is 1.80 bits per heavy atom. The van der Waals surface area contributed by atoms with Crippen LogP contribution in [0.2, 0.25) is 0 Å². The van der Waals surface area contributed by atoms with Crippen LogP contribution in [0.3, 0.4) is 0 Å². The van der Waals surface area contributed by atoms with E-state index in [9.17, 15) is 9.59 Å². The maximum atomic E-state index is 13.7. The van der Waals surface area contributed by atoms with E-state index in [1.54, 1.807) is 4.57 Å². The summed E-state index contributed by atoms with van der Waals surface area (Å²) in [6.07, 6.45) is 3.30. The summed E-state index contributed by atoms with van der Waals surface area (Å²) in [5, 5.41) is 1.16. The molecule has 0 radical (unpaired) electrons. The van der Waals surface area contributed by atoms with Gasteiger partial charge in [-0.2, -0.15) is 0 Å². The molecule has 2 aliphatic rings. The third-order valence-corrected chi connectivity index (χ3v) is 8.53. The minimum atomic E-state index is -0.0926. The Morgan fingerprint density at radius 1 is 1.09 bits per heavy atom. The van der Waals surface area contributed by atoms with E-state index < -0.39 is 0 Å². The Bertz CT molecular complexity index is 1350. The number of carbonyl (C=O) groups excluding carboxylic acids is 1. The number of amides is 1. The van der Waals surface area contributed by atoms with Crippen molar-refractivity contribution in [3.63, 3.8) is 0 Å². The van der Waals surface area contributed by atoms with Crippen LogP contribution in [-0.4, -0.2) is 38.7 Å². The summed E-state index contributed by atoms with van der Waals surface area (Å²) in [5.41, 5.74) is 2.96. The molecule has 2 aromatic carbocycles. The van der Waals surface area contributed by atoms with Gasteiger partial charge in [-0.05, 0) is 59.8 Å². The van der Waals surface area contributed by atoms with Crippen LogP contribution in [0.4, 0.5) is 0 Å².